The lowest BCUT2D eigenvalue weighted by atomic mass is 9.88. The summed E-state index contributed by atoms with van der Waals surface area (Å²) in [6.45, 7) is 6.22. The number of aliphatic imine (C=N–C) groups is 1. The van der Waals surface area contributed by atoms with Gasteiger partial charge in [0.05, 0.1) is 22.6 Å². The molecule has 5 rings (SSSR count). The van der Waals surface area contributed by atoms with Crippen molar-refractivity contribution in [2.24, 2.45) is 23.9 Å². The number of carbonyl (C=O) groups is 1. The Bertz CT molecular complexity index is 1160. The van der Waals surface area contributed by atoms with Crippen molar-refractivity contribution in [1.82, 2.24) is 20.0 Å². The maximum Gasteiger partial charge on any atom is 0.255 e. The Morgan fingerprint density at radius 3 is 2.81 bits per heavy atom. The Labute approximate surface area is 183 Å². The molecule has 6 heteroatoms. The van der Waals surface area contributed by atoms with E-state index in [1.54, 1.807) is 0 Å². The van der Waals surface area contributed by atoms with Crippen LogP contribution in [0.3, 0.4) is 0 Å². The van der Waals surface area contributed by atoms with Crippen LogP contribution in [0.4, 0.5) is 0 Å². The summed E-state index contributed by atoms with van der Waals surface area (Å²) in [6.07, 6.45) is 11.0. The third kappa shape index (κ3) is 3.76. The molecule has 1 saturated heterocycles. The summed E-state index contributed by atoms with van der Waals surface area (Å²) in [7, 11) is 1.93. The van der Waals surface area contributed by atoms with Gasteiger partial charge in [-0.15, -0.1) is 0 Å². The minimum atomic E-state index is -0.000215. The largest absolute Gasteiger partial charge is 0.317 e. The van der Waals surface area contributed by atoms with E-state index in [1.807, 2.05) is 48.1 Å². The number of hydrogen-bond acceptors (Lipinski definition) is 4. The summed E-state index contributed by atoms with van der Waals surface area (Å²) in [5.41, 5.74) is 6.02. The molecule has 0 aliphatic carbocycles. The summed E-state index contributed by atoms with van der Waals surface area (Å²) >= 11 is 0. The monoisotopic (exact) mass is 415 g/mol. The second-order valence-corrected chi connectivity index (χ2v) is 8.89. The Morgan fingerprint density at radius 2 is 2.00 bits per heavy atom. The van der Waals surface area contributed by atoms with Gasteiger partial charge in [0.2, 0.25) is 0 Å². The van der Waals surface area contributed by atoms with Crippen LogP contribution in [0.25, 0.3) is 16.5 Å². The SMILES string of the molecule is CC1=NC(C2CCNCC2)=CN2C(=O)C=C(c3ccc4nn(C)cc4c3)C(C)CC=C12. The van der Waals surface area contributed by atoms with Gasteiger partial charge >= 0.3 is 0 Å². The molecule has 2 aromatic rings. The van der Waals surface area contributed by atoms with Crippen molar-refractivity contribution in [2.75, 3.05) is 13.1 Å². The summed E-state index contributed by atoms with van der Waals surface area (Å²) in [6, 6.07) is 6.26. The van der Waals surface area contributed by atoms with Crippen molar-refractivity contribution in [3.63, 3.8) is 0 Å². The average Bonchev–Trinajstić information content (AvgIpc) is 3.14. The van der Waals surface area contributed by atoms with E-state index < -0.39 is 0 Å². The highest BCUT2D eigenvalue weighted by molar-refractivity contribution is 6.07. The smallest absolute Gasteiger partial charge is 0.255 e. The van der Waals surface area contributed by atoms with Crippen molar-refractivity contribution >= 4 is 28.1 Å². The number of amides is 1. The third-order valence-corrected chi connectivity index (χ3v) is 6.61. The molecule has 3 aliphatic heterocycles. The molecular formula is C25H29N5O. The average molecular weight is 416 g/mol. The molecule has 1 atom stereocenters. The Hall–Kier alpha value is -2.99. The maximum atomic E-state index is 13.5. The fourth-order valence-electron chi connectivity index (χ4n) is 4.86. The number of rotatable bonds is 2. The predicted molar refractivity (Wildman–Crippen MR) is 124 cm³/mol. The maximum absolute atomic E-state index is 13.5. The van der Waals surface area contributed by atoms with E-state index in [0.29, 0.717) is 5.92 Å². The Kier molecular flexibility index (Phi) is 5.10. The van der Waals surface area contributed by atoms with E-state index in [0.717, 1.165) is 71.5 Å². The number of nitrogens with zero attached hydrogens (tertiary/aromatic N) is 4. The number of aryl methyl sites for hydroxylation is 1. The van der Waals surface area contributed by atoms with Gasteiger partial charge < -0.3 is 5.32 Å². The first kappa shape index (κ1) is 19.9. The predicted octanol–water partition coefficient (Wildman–Crippen LogP) is 4.02. The van der Waals surface area contributed by atoms with Crippen LogP contribution in [0.15, 0.2) is 59.1 Å². The standard InChI is InChI=1S/C25H29N5O/c1-16-4-7-24-17(2)27-23(18-8-10-26-11-9-18)15-30(24)25(31)13-21(16)19-5-6-22-20(12-19)14-29(3)28-22/h5-7,12-16,18,26H,4,8-11H2,1-3H3. The molecule has 1 aromatic carbocycles. The van der Waals surface area contributed by atoms with Crippen molar-refractivity contribution in [3.05, 3.63) is 59.7 Å². The molecule has 160 valence electrons. The molecular weight excluding hydrogens is 386 g/mol. The number of carbonyl (C=O) groups excluding carboxylic acids is 1. The van der Waals surface area contributed by atoms with E-state index in [2.05, 4.69) is 35.5 Å². The van der Waals surface area contributed by atoms with E-state index in [-0.39, 0.29) is 11.8 Å². The first-order valence-corrected chi connectivity index (χ1v) is 11.2. The Balaban J connectivity index is 1.51. The van der Waals surface area contributed by atoms with Crippen LogP contribution in [0.1, 0.15) is 38.7 Å². The van der Waals surface area contributed by atoms with Gasteiger partial charge in [-0.3, -0.25) is 19.4 Å². The number of hydrogen-bond donors (Lipinski definition) is 1. The zero-order chi connectivity index (χ0) is 21.5. The van der Waals surface area contributed by atoms with Gasteiger partial charge in [0.25, 0.3) is 5.91 Å². The molecule has 0 spiro atoms. The van der Waals surface area contributed by atoms with Crippen LogP contribution < -0.4 is 5.32 Å². The Morgan fingerprint density at radius 1 is 1.19 bits per heavy atom. The van der Waals surface area contributed by atoms with Crippen molar-refractivity contribution < 1.29 is 4.79 Å². The highest BCUT2D eigenvalue weighted by Crippen LogP contribution is 2.34. The molecule has 3 aliphatic rings. The van der Waals surface area contributed by atoms with Crippen LogP contribution in [0.5, 0.6) is 0 Å². The molecule has 1 fully saturated rings. The lowest BCUT2D eigenvalue weighted by Gasteiger charge is -2.32. The molecule has 1 N–H and O–H groups in total. The topological polar surface area (TPSA) is 62.5 Å². The number of aromatic nitrogens is 2. The minimum Gasteiger partial charge on any atom is -0.317 e. The quantitative estimate of drug-likeness (QED) is 0.806. The second kappa shape index (κ2) is 7.93. The van der Waals surface area contributed by atoms with Crippen LogP contribution in [-0.4, -0.2) is 39.4 Å². The van der Waals surface area contributed by atoms with Crippen LogP contribution in [0.2, 0.25) is 0 Å². The lowest BCUT2D eigenvalue weighted by molar-refractivity contribution is -0.122. The molecule has 1 unspecified atom stereocenters. The van der Waals surface area contributed by atoms with Crippen LogP contribution in [-0.2, 0) is 11.8 Å². The normalized spacial score (nSPS) is 22.9. The zero-order valence-corrected chi connectivity index (χ0v) is 18.4. The van der Waals surface area contributed by atoms with Crippen molar-refractivity contribution in [1.29, 1.82) is 0 Å². The third-order valence-electron chi connectivity index (χ3n) is 6.61. The fourth-order valence-corrected chi connectivity index (χ4v) is 4.86. The van der Waals surface area contributed by atoms with Crippen LogP contribution in [0, 0.1) is 11.8 Å². The number of benzene rings is 1. The van der Waals surface area contributed by atoms with Crippen molar-refractivity contribution in [3.8, 4) is 0 Å². The zero-order valence-electron chi connectivity index (χ0n) is 18.4. The molecule has 0 radical (unpaired) electrons. The van der Waals surface area contributed by atoms with Gasteiger partial charge in [0.15, 0.2) is 0 Å². The van der Waals surface area contributed by atoms with E-state index in [9.17, 15) is 4.79 Å². The molecule has 6 nitrogen and oxygen atoms in total. The van der Waals surface area contributed by atoms with Crippen molar-refractivity contribution in [2.45, 2.75) is 33.1 Å². The molecule has 1 aromatic heterocycles. The number of allylic oxidation sites excluding steroid dienone is 4. The molecule has 31 heavy (non-hydrogen) atoms. The van der Waals surface area contributed by atoms with E-state index in [1.165, 1.54) is 0 Å². The second-order valence-electron chi connectivity index (χ2n) is 8.89. The first-order chi connectivity index (χ1) is 15.0. The van der Waals surface area contributed by atoms with Crippen LogP contribution >= 0.6 is 0 Å². The minimum absolute atomic E-state index is 0.000215. The summed E-state index contributed by atoms with van der Waals surface area (Å²) in [4.78, 5) is 20.2. The van der Waals surface area contributed by atoms with E-state index >= 15 is 0 Å². The van der Waals surface area contributed by atoms with Gasteiger partial charge in [0, 0.05) is 36.8 Å². The summed E-state index contributed by atoms with van der Waals surface area (Å²) in [5.74, 6) is 0.640. The van der Waals surface area contributed by atoms with Gasteiger partial charge in [-0.05, 0) is 68.5 Å². The van der Waals surface area contributed by atoms with Gasteiger partial charge in [-0.2, -0.15) is 5.10 Å². The first-order valence-electron chi connectivity index (χ1n) is 11.2. The molecule has 0 bridgehead atoms. The van der Waals surface area contributed by atoms with Gasteiger partial charge in [-0.1, -0.05) is 19.1 Å². The number of piperidine rings is 1. The highest BCUT2D eigenvalue weighted by atomic mass is 16.2. The summed E-state index contributed by atoms with van der Waals surface area (Å²) < 4.78 is 1.83. The molecule has 4 heterocycles. The van der Waals surface area contributed by atoms with Gasteiger partial charge in [-0.25, -0.2) is 0 Å². The molecule has 0 saturated carbocycles. The molecule has 1 amide bonds. The number of fused-ring (bicyclic) bond motifs is 2. The number of nitrogens with one attached hydrogen (secondary N) is 1. The van der Waals surface area contributed by atoms with E-state index in [4.69, 9.17) is 4.99 Å². The highest BCUT2D eigenvalue weighted by Gasteiger charge is 2.28. The summed E-state index contributed by atoms with van der Waals surface area (Å²) in [5, 5.41) is 8.97. The fraction of sp³-hybridized carbons (Fsp3) is 0.400. The lowest BCUT2D eigenvalue weighted by Crippen LogP contribution is -2.34. The van der Waals surface area contributed by atoms with Gasteiger partial charge in [0.1, 0.15) is 0 Å².